The molecule has 2 aromatic carbocycles. The van der Waals surface area contributed by atoms with Gasteiger partial charge in [0.1, 0.15) is 15.5 Å². The molecule has 0 aliphatic carbocycles. The summed E-state index contributed by atoms with van der Waals surface area (Å²) in [5, 5.41) is 3.61. The van der Waals surface area contributed by atoms with Crippen LogP contribution in [0.15, 0.2) is 65.6 Å². The van der Waals surface area contributed by atoms with Gasteiger partial charge in [0.05, 0.1) is 11.4 Å². The number of thioether (sulfide) groups is 1. The van der Waals surface area contributed by atoms with Crippen LogP contribution in [0.4, 0.5) is 15.8 Å². The molecule has 0 aliphatic heterocycles. The first-order valence-corrected chi connectivity index (χ1v) is 10.5. The number of pyridine rings is 1. The van der Waals surface area contributed by atoms with Crippen molar-refractivity contribution in [1.29, 1.82) is 0 Å². The molecule has 0 saturated heterocycles. The van der Waals surface area contributed by atoms with Crippen molar-refractivity contribution >= 4 is 50.6 Å². The Kier molecular flexibility index (Phi) is 5.02. The van der Waals surface area contributed by atoms with E-state index in [2.05, 4.69) is 10.3 Å². The lowest BCUT2D eigenvalue weighted by Crippen LogP contribution is -2.11. The Morgan fingerprint density at radius 1 is 1.07 bits per heavy atom. The van der Waals surface area contributed by atoms with E-state index < -0.39 is 0 Å². The summed E-state index contributed by atoms with van der Waals surface area (Å²) < 4.78 is 13.1. The summed E-state index contributed by atoms with van der Waals surface area (Å²) in [5.41, 5.74) is 8.83. The molecule has 4 nitrogen and oxygen atoms in total. The quantitative estimate of drug-likeness (QED) is 0.427. The number of amides is 1. The highest BCUT2D eigenvalue weighted by Crippen LogP contribution is 2.34. The highest BCUT2D eigenvalue weighted by atomic mass is 32.2. The van der Waals surface area contributed by atoms with Gasteiger partial charge in [0, 0.05) is 21.5 Å². The number of halogens is 1. The van der Waals surface area contributed by atoms with E-state index in [-0.39, 0.29) is 11.7 Å². The Balaban J connectivity index is 1.64. The van der Waals surface area contributed by atoms with E-state index in [1.807, 2.05) is 42.7 Å². The summed E-state index contributed by atoms with van der Waals surface area (Å²) in [6.45, 7) is 0. The number of fused-ring (bicyclic) bond motifs is 1. The Morgan fingerprint density at radius 2 is 1.79 bits per heavy atom. The Morgan fingerprint density at radius 3 is 2.46 bits per heavy atom. The third-order valence-electron chi connectivity index (χ3n) is 4.29. The van der Waals surface area contributed by atoms with Crippen LogP contribution in [0, 0.1) is 5.82 Å². The normalized spacial score (nSPS) is 10.9. The van der Waals surface area contributed by atoms with Crippen molar-refractivity contribution in [2.75, 3.05) is 17.3 Å². The lowest BCUT2D eigenvalue weighted by molar-refractivity contribution is 0.103. The van der Waals surface area contributed by atoms with Gasteiger partial charge in [-0.2, -0.15) is 0 Å². The minimum Gasteiger partial charge on any atom is -0.397 e. The second kappa shape index (κ2) is 7.61. The zero-order valence-electron chi connectivity index (χ0n) is 14.9. The number of anilines is 2. The van der Waals surface area contributed by atoms with Crippen molar-refractivity contribution in [2.45, 2.75) is 4.90 Å². The molecule has 2 heterocycles. The average molecular weight is 410 g/mol. The summed E-state index contributed by atoms with van der Waals surface area (Å²) >= 11 is 2.88. The van der Waals surface area contributed by atoms with Gasteiger partial charge in [0.25, 0.3) is 5.91 Å². The molecule has 0 saturated carbocycles. The van der Waals surface area contributed by atoms with Crippen LogP contribution in [0.1, 0.15) is 9.67 Å². The van der Waals surface area contributed by atoms with Crippen LogP contribution in [0.2, 0.25) is 0 Å². The second-order valence-corrected chi connectivity index (χ2v) is 7.96. The van der Waals surface area contributed by atoms with Crippen LogP contribution in [0.3, 0.4) is 0 Å². The fraction of sp³-hybridized carbons (Fsp3) is 0.0476. The topological polar surface area (TPSA) is 68.0 Å². The summed E-state index contributed by atoms with van der Waals surface area (Å²) in [6, 6.07) is 17.4. The smallest absolute Gasteiger partial charge is 0.267 e. The summed E-state index contributed by atoms with van der Waals surface area (Å²) in [5.74, 6) is -0.560. The number of hydrogen-bond donors (Lipinski definition) is 2. The van der Waals surface area contributed by atoms with E-state index in [1.165, 1.54) is 23.5 Å². The second-order valence-electron chi connectivity index (χ2n) is 6.08. The van der Waals surface area contributed by atoms with E-state index in [0.29, 0.717) is 26.8 Å². The van der Waals surface area contributed by atoms with Crippen LogP contribution >= 0.6 is 23.1 Å². The molecule has 0 radical (unpaired) electrons. The van der Waals surface area contributed by atoms with Gasteiger partial charge in [-0.1, -0.05) is 0 Å². The van der Waals surface area contributed by atoms with Gasteiger partial charge in [-0.3, -0.25) is 4.79 Å². The molecule has 2 aromatic heterocycles. The lowest BCUT2D eigenvalue weighted by Gasteiger charge is -2.05. The van der Waals surface area contributed by atoms with Crippen molar-refractivity contribution in [3.8, 4) is 11.3 Å². The maximum Gasteiger partial charge on any atom is 0.267 e. The SMILES string of the molecule is CSc1ccc(NC(=O)c2sc3nc(-c4ccc(F)cc4)ccc3c2N)cc1. The monoisotopic (exact) mass is 409 g/mol. The van der Waals surface area contributed by atoms with Gasteiger partial charge in [0.2, 0.25) is 0 Å². The molecule has 4 aromatic rings. The van der Waals surface area contributed by atoms with Crippen LogP contribution in [-0.2, 0) is 0 Å². The van der Waals surface area contributed by atoms with E-state index in [0.717, 1.165) is 15.8 Å². The predicted molar refractivity (Wildman–Crippen MR) is 116 cm³/mol. The minimum absolute atomic E-state index is 0.263. The number of aromatic nitrogens is 1. The van der Waals surface area contributed by atoms with Gasteiger partial charge >= 0.3 is 0 Å². The van der Waals surface area contributed by atoms with Crippen LogP contribution in [0.5, 0.6) is 0 Å². The largest absolute Gasteiger partial charge is 0.397 e. The van der Waals surface area contributed by atoms with Crippen molar-refractivity contribution < 1.29 is 9.18 Å². The number of nitrogens with zero attached hydrogens (tertiary/aromatic N) is 1. The van der Waals surface area contributed by atoms with Gasteiger partial charge < -0.3 is 11.1 Å². The molecule has 140 valence electrons. The third-order valence-corrected chi connectivity index (χ3v) is 6.15. The van der Waals surface area contributed by atoms with E-state index in [9.17, 15) is 9.18 Å². The van der Waals surface area contributed by atoms with Crippen molar-refractivity contribution in [1.82, 2.24) is 4.98 Å². The molecule has 0 unspecified atom stereocenters. The van der Waals surface area contributed by atoms with Gasteiger partial charge in [0.15, 0.2) is 0 Å². The first kappa shape index (κ1) is 18.5. The number of benzene rings is 2. The molecule has 3 N–H and O–H groups in total. The zero-order chi connectivity index (χ0) is 19.7. The van der Waals surface area contributed by atoms with Crippen molar-refractivity contribution in [3.63, 3.8) is 0 Å². The van der Waals surface area contributed by atoms with Crippen molar-refractivity contribution in [2.24, 2.45) is 0 Å². The highest BCUT2D eigenvalue weighted by Gasteiger charge is 2.18. The number of thiophene rings is 1. The molecule has 4 rings (SSSR count). The van der Waals surface area contributed by atoms with Crippen LogP contribution in [0.25, 0.3) is 21.5 Å². The molecule has 0 fully saturated rings. The Labute approximate surface area is 169 Å². The first-order valence-electron chi connectivity index (χ1n) is 8.45. The number of carbonyl (C=O) groups is 1. The molecule has 1 amide bonds. The number of hydrogen-bond acceptors (Lipinski definition) is 5. The Bertz CT molecular complexity index is 1150. The van der Waals surface area contributed by atoms with Gasteiger partial charge in [-0.15, -0.1) is 23.1 Å². The fourth-order valence-corrected chi connectivity index (χ4v) is 4.21. The Hall–Kier alpha value is -2.90. The van der Waals surface area contributed by atoms with Crippen LogP contribution in [-0.4, -0.2) is 17.1 Å². The number of carbonyl (C=O) groups excluding carboxylic acids is 1. The average Bonchev–Trinajstić information content (AvgIpc) is 3.05. The molecule has 7 heteroatoms. The lowest BCUT2D eigenvalue weighted by atomic mass is 10.1. The summed E-state index contributed by atoms with van der Waals surface area (Å²) in [7, 11) is 0. The number of nitrogen functional groups attached to an aromatic ring is 1. The molecule has 0 spiro atoms. The van der Waals surface area contributed by atoms with Crippen LogP contribution < -0.4 is 11.1 Å². The number of rotatable bonds is 4. The van der Waals surface area contributed by atoms with Gasteiger partial charge in [-0.05, 0) is 66.9 Å². The summed E-state index contributed by atoms with van der Waals surface area (Å²) in [4.78, 5) is 19.5. The minimum atomic E-state index is -0.297. The molecule has 28 heavy (non-hydrogen) atoms. The maximum absolute atomic E-state index is 13.1. The summed E-state index contributed by atoms with van der Waals surface area (Å²) in [6.07, 6.45) is 2.00. The molecule has 0 aliphatic rings. The van der Waals surface area contributed by atoms with Gasteiger partial charge in [-0.25, -0.2) is 9.37 Å². The van der Waals surface area contributed by atoms with Crippen molar-refractivity contribution in [3.05, 3.63) is 71.4 Å². The molecule has 0 atom stereocenters. The fourth-order valence-electron chi connectivity index (χ4n) is 2.81. The predicted octanol–water partition coefficient (Wildman–Crippen LogP) is 5.66. The van der Waals surface area contributed by atoms with E-state index in [4.69, 9.17) is 5.73 Å². The number of nitrogens with two attached hydrogens (primary N) is 1. The number of nitrogens with one attached hydrogen (secondary N) is 1. The highest BCUT2D eigenvalue weighted by molar-refractivity contribution is 7.98. The molecular formula is C21H16FN3OS2. The molecule has 0 bridgehead atoms. The van der Waals surface area contributed by atoms with E-state index in [1.54, 1.807) is 23.9 Å². The van der Waals surface area contributed by atoms with E-state index >= 15 is 0 Å². The molecular weight excluding hydrogens is 393 g/mol. The first-order chi connectivity index (χ1) is 13.5. The zero-order valence-corrected chi connectivity index (χ0v) is 16.5. The third kappa shape index (κ3) is 3.58. The maximum atomic E-state index is 13.1. The standard InChI is InChI=1S/C21H16FN3OS2/c1-27-15-8-6-14(7-9-15)24-20(26)19-18(23)16-10-11-17(25-21(16)28-19)12-2-4-13(22)5-3-12/h2-11H,23H2,1H3,(H,24,26).